The van der Waals surface area contributed by atoms with Crippen molar-refractivity contribution in [3.8, 4) is 0 Å². The van der Waals surface area contributed by atoms with E-state index >= 15 is 0 Å². The molecule has 1 aromatic rings. The Bertz CT molecular complexity index is 520. The summed E-state index contributed by atoms with van der Waals surface area (Å²) in [4.78, 5) is 16.8. The molecular weight excluding hydrogens is 268 g/mol. The first-order chi connectivity index (χ1) is 10.1. The van der Waals surface area contributed by atoms with Crippen molar-refractivity contribution in [1.82, 2.24) is 19.6 Å². The maximum Gasteiger partial charge on any atom is 0.272 e. The predicted molar refractivity (Wildman–Crippen MR) is 79.1 cm³/mol. The lowest BCUT2D eigenvalue weighted by atomic mass is 10.1. The van der Waals surface area contributed by atoms with E-state index in [0.717, 1.165) is 51.1 Å². The number of carbonyl (C=O) groups excluding carboxylic acids is 1. The largest absolute Gasteiger partial charge is 0.391 e. The summed E-state index contributed by atoms with van der Waals surface area (Å²) in [6.45, 7) is 5.06. The second kappa shape index (κ2) is 5.77. The number of piperazine rings is 1. The van der Waals surface area contributed by atoms with E-state index in [2.05, 4.69) is 10.00 Å². The maximum atomic E-state index is 12.5. The van der Waals surface area contributed by atoms with E-state index < -0.39 is 0 Å². The lowest BCUT2D eigenvalue weighted by Gasteiger charge is -2.39. The molecule has 1 aliphatic heterocycles. The van der Waals surface area contributed by atoms with Crippen LogP contribution in [0, 0.1) is 6.92 Å². The molecular formula is C15H24N4O2. The Kier molecular flexibility index (Phi) is 3.99. The Morgan fingerprint density at radius 2 is 2.00 bits per heavy atom. The zero-order valence-electron chi connectivity index (χ0n) is 12.8. The Hall–Kier alpha value is -1.40. The van der Waals surface area contributed by atoms with Gasteiger partial charge >= 0.3 is 0 Å². The van der Waals surface area contributed by atoms with E-state index in [1.165, 1.54) is 0 Å². The number of aryl methyl sites for hydroxylation is 2. The maximum absolute atomic E-state index is 12.5. The number of hydrogen-bond acceptors (Lipinski definition) is 4. The third-order valence-electron chi connectivity index (χ3n) is 4.74. The summed E-state index contributed by atoms with van der Waals surface area (Å²) >= 11 is 0. The van der Waals surface area contributed by atoms with Gasteiger partial charge in [0.1, 0.15) is 5.69 Å². The summed E-state index contributed by atoms with van der Waals surface area (Å²) in [6.07, 6.45) is 2.92. The second-order valence-electron chi connectivity index (χ2n) is 6.19. The van der Waals surface area contributed by atoms with Crippen LogP contribution in [0.5, 0.6) is 0 Å². The van der Waals surface area contributed by atoms with E-state index in [1.54, 1.807) is 4.68 Å². The van der Waals surface area contributed by atoms with Crippen molar-refractivity contribution in [1.29, 1.82) is 0 Å². The highest BCUT2D eigenvalue weighted by Crippen LogP contribution is 2.25. The fourth-order valence-corrected chi connectivity index (χ4v) is 3.58. The quantitative estimate of drug-likeness (QED) is 0.857. The van der Waals surface area contributed by atoms with Crippen LogP contribution in [0.2, 0.25) is 0 Å². The van der Waals surface area contributed by atoms with Crippen molar-refractivity contribution in [3.05, 3.63) is 17.5 Å². The van der Waals surface area contributed by atoms with Gasteiger partial charge in [-0.2, -0.15) is 5.10 Å². The van der Waals surface area contributed by atoms with E-state index in [4.69, 9.17) is 0 Å². The highest BCUT2D eigenvalue weighted by atomic mass is 16.3. The molecule has 6 heteroatoms. The van der Waals surface area contributed by atoms with E-state index in [9.17, 15) is 9.90 Å². The monoisotopic (exact) mass is 292 g/mol. The van der Waals surface area contributed by atoms with Crippen molar-refractivity contribution < 1.29 is 9.90 Å². The van der Waals surface area contributed by atoms with Crippen LogP contribution >= 0.6 is 0 Å². The van der Waals surface area contributed by atoms with Crippen LogP contribution in [0.4, 0.5) is 0 Å². The topological polar surface area (TPSA) is 61.6 Å². The van der Waals surface area contributed by atoms with Crippen LogP contribution in [0.3, 0.4) is 0 Å². The molecule has 21 heavy (non-hydrogen) atoms. The molecule has 1 amide bonds. The van der Waals surface area contributed by atoms with E-state index in [-0.39, 0.29) is 12.0 Å². The first-order valence-corrected chi connectivity index (χ1v) is 7.78. The van der Waals surface area contributed by atoms with Gasteiger partial charge in [-0.1, -0.05) is 0 Å². The molecule has 1 aromatic heterocycles. The minimum Gasteiger partial charge on any atom is -0.391 e. The van der Waals surface area contributed by atoms with Crippen LogP contribution in [0.1, 0.15) is 35.4 Å². The normalized spacial score (nSPS) is 27.3. The fraction of sp³-hybridized carbons (Fsp3) is 0.733. The number of hydrogen-bond donors (Lipinski definition) is 1. The summed E-state index contributed by atoms with van der Waals surface area (Å²) in [7, 11) is 1.81. The Morgan fingerprint density at radius 1 is 1.29 bits per heavy atom. The fourth-order valence-electron chi connectivity index (χ4n) is 3.58. The van der Waals surface area contributed by atoms with Crippen molar-refractivity contribution in [2.75, 3.05) is 26.2 Å². The molecule has 2 aliphatic rings. The van der Waals surface area contributed by atoms with Crippen molar-refractivity contribution in [2.45, 2.75) is 38.3 Å². The lowest BCUT2D eigenvalue weighted by Crippen LogP contribution is -2.53. The third kappa shape index (κ3) is 2.82. The number of aromatic nitrogens is 2. The van der Waals surface area contributed by atoms with Crippen LogP contribution in [-0.2, 0) is 7.05 Å². The summed E-state index contributed by atoms with van der Waals surface area (Å²) in [5.74, 6) is 0.0599. The lowest BCUT2D eigenvalue weighted by molar-refractivity contribution is 0.0311. The summed E-state index contributed by atoms with van der Waals surface area (Å²) in [5, 5.41) is 14.2. The highest BCUT2D eigenvalue weighted by molar-refractivity contribution is 5.92. The number of nitrogens with zero attached hydrogens (tertiary/aromatic N) is 4. The van der Waals surface area contributed by atoms with Gasteiger partial charge in [-0.3, -0.25) is 14.4 Å². The molecule has 116 valence electrons. The molecule has 6 nitrogen and oxygen atoms in total. The molecule has 0 bridgehead atoms. The highest BCUT2D eigenvalue weighted by Gasteiger charge is 2.33. The zero-order valence-corrected chi connectivity index (χ0v) is 12.8. The Labute approximate surface area is 125 Å². The number of amides is 1. The van der Waals surface area contributed by atoms with E-state index in [1.807, 2.05) is 24.9 Å². The minimum absolute atomic E-state index is 0.0599. The number of rotatable bonds is 2. The first kappa shape index (κ1) is 14.5. The van der Waals surface area contributed by atoms with Gasteiger partial charge in [0.05, 0.1) is 11.8 Å². The Morgan fingerprint density at radius 3 is 2.52 bits per heavy atom. The van der Waals surface area contributed by atoms with E-state index in [0.29, 0.717) is 11.7 Å². The van der Waals surface area contributed by atoms with Gasteiger partial charge < -0.3 is 10.0 Å². The minimum atomic E-state index is -0.188. The average molecular weight is 292 g/mol. The van der Waals surface area contributed by atoms with Crippen LogP contribution < -0.4 is 0 Å². The molecule has 2 heterocycles. The predicted octanol–water partition coefficient (Wildman–Crippen LogP) is 0.400. The Balaban J connectivity index is 1.60. The van der Waals surface area contributed by atoms with Crippen molar-refractivity contribution >= 4 is 5.91 Å². The van der Waals surface area contributed by atoms with Crippen LogP contribution in [0.25, 0.3) is 0 Å². The SMILES string of the molecule is Cc1cc(C(=O)N2CCN(C3CCCC3O)CC2)n(C)n1. The van der Waals surface area contributed by atoms with Gasteiger partial charge in [-0.25, -0.2) is 0 Å². The summed E-state index contributed by atoms with van der Waals surface area (Å²) in [5.41, 5.74) is 1.52. The van der Waals surface area contributed by atoms with Crippen molar-refractivity contribution in [3.63, 3.8) is 0 Å². The van der Waals surface area contributed by atoms with Gasteiger partial charge in [0.15, 0.2) is 0 Å². The van der Waals surface area contributed by atoms with Crippen LogP contribution in [-0.4, -0.2) is 68.9 Å². The molecule has 1 saturated heterocycles. The number of aliphatic hydroxyl groups is 1. The first-order valence-electron chi connectivity index (χ1n) is 7.78. The number of carbonyl (C=O) groups is 1. The third-order valence-corrected chi connectivity index (χ3v) is 4.74. The van der Waals surface area contributed by atoms with Gasteiger partial charge in [-0.15, -0.1) is 0 Å². The van der Waals surface area contributed by atoms with Gasteiger partial charge in [0, 0.05) is 39.3 Å². The smallest absolute Gasteiger partial charge is 0.272 e. The van der Waals surface area contributed by atoms with Gasteiger partial charge in [0.2, 0.25) is 0 Å². The van der Waals surface area contributed by atoms with Crippen molar-refractivity contribution in [2.24, 2.45) is 7.05 Å². The molecule has 0 spiro atoms. The summed E-state index contributed by atoms with van der Waals surface area (Å²) < 4.78 is 1.66. The summed E-state index contributed by atoms with van der Waals surface area (Å²) in [6, 6.07) is 2.14. The molecule has 1 aliphatic carbocycles. The molecule has 0 aromatic carbocycles. The zero-order chi connectivity index (χ0) is 15.0. The second-order valence-corrected chi connectivity index (χ2v) is 6.19. The van der Waals surface area contributed by atoms with Gasteiger partial charge in [0.25, 0.3) is 5.91 Å². The molecule has 0 radical (unpaired) electrons. The number of aliphatic hydroxyl groups excluding tert-OH is 1. The molecule has 3 rings (SSSR count). The molecule has 1 saturated carbocycles. The molecule has 2 unspecified atom stereocenters. The molecule has 1 N–H and O–H groups in total. The average Bonchev–Trinajstić information content (AvgIpc) is 3.04. The van der Waals surface area contributed by atoms with Crippen LogP contribution in [0.15, 0.2) is 6.07 Å². The standard InChI is InChI=1S/C15H24N4O2/c1-11-10-13(17(2)16-11)15(21)19-8-6-18(7-9-19)12-4-3-5-14(12)20/h10,12,14,20H,3-9H2,1-2H3. The molecule has 2 fully saturated rings. The van der Waals surface area contributed by atoms with Gasteiger partial charge in [-0.05, 0) is 32.3 Å². The molecule has 2 atom stereocenters.